The van der Waals surface area contributed by atoms with E-state index in [-0.39, 0.29) is 0 Å². The molecule has 1 atom stereocenters. The maximum Gasteiger partial charge on any atom is 0.0449 e. The van der Waals surface area contributed by atoms with E-state index in [1.165, 1.54) is 11.1 Å². The second-order valence-electron chi connectivity index (χ2n) is 4.78. The first-order valence-corrected chi connectivity index (χ1v) is 7.38. The van der Waals surface area contributed by atoms with E-state index in [4.69, 9.17) is 0 Å². The summed E-state index contributed by atoms with van der Waals surface area (Å²) >= 11 is 1.78. The Kier molecular flexibility index (Phi) is 3.74. The number of hydrogen-bond donors (Lipinski definition) is 1. The van der Waals surface area contributed by atoms with Gasteiger partial charge in [-0.3, -0.25) is 4.90 Å². The lowest BCUT2D eigenvalue weighted by molar-refractivity contribution is 0.193. The van der Waals surface area contributed by atoms with Crippen LogP contribution in [0.5, 0.6) is 0 Å². The molecule has 0 spiro atoms. The molecule has 1 saturated heterocycles. The molecule has 0 aliphatic carbocycles. The molecule has 3 rings (SSSR count). The van der Waals surface area contributed by atoms with E-state index in [9.17, 15) is 0 Å². The lowest BCUT2D eigenvalue weighted by Crippen LogP contribution is -2.45. The van der Waals surface area contributed by atoms with Crippen molar-refractivity contribution >= 4 is 11.3 Å². The lowest BCUT2D eigenvalue weighted by atomic mass is 10.0. The van der Waals surface area contributed by atoms with Gasteiger partial charge in [-0.2, -0.15) is 11.3 Å². The number of thiophene rings is 1. The van der Waals surface area contributed by atoms with Crippen molar-refractivity contribution in [3.05, 3.63) is 58.3 Å². The SMILES string of the molecule is c1ccc(C2CN(Cc3ccsc3)CCN2)cc1. The number of benzene rings is 1. The Labute approximate surface area is 112 Å². The van der Waals surface area contributed by atoms with Crippen LogP contribution in [0.2, 0.25) is 0 Å². The van der Waals surface area contributed by atoms with Gasteiger partial charge in [0.1, 0.15) is 0 Å². The van der Waals surface area contributed by atoms with Crippen LogP contribution in [0.15, 0.2) is 47.2 Å². The standard InChI is InChI=1S/C15H18N2S/c1-2-4-14(5-3-1)15-11-17(8-7-16-15)10-13-6-9-18-12-13/h1-6,9,12,15-16H,7-8,10-11H2. The van der Waals surface area contributed by atoms with Gasteiger partial charge in [-0.05, 0) is 28.0 Å². The molecule has 0 amide bonds. The third-order valence-corrected chi connectivity index (χ3v) is 4.18. The first kappa shape index (κ1) is 11.9. The third kappa shape index (κ3) is 2.80. The number of rotatable bonds is 3. The average Bonchev–Trinajstić information content (AvgIpc) is 2.93. The summed E-state index contributed by atoms with van der Waals surface area (Å²) in [6, 6.07) is 13.4. The summed E-state index contributed by atoms with van der Waals surface area (Å²) in [6.45, 7) is 4.39. The van der Waals surface area contributed by atoms with E-state index >= 15 is 0 Å². The quantitative estimate of drug-likeness (QED) is 0.910. The predicted molar refractivity (Wildman–Crippen MR) is 76.8 cm³/mol. The summed E-state index contributed by atoms with van der Waals surface area (Å²) in [6.07, 6.45) is 0. The van der Waals surface area contributed by atoms with Crippen LogP contribution in [0.25, 0.3) is 0 Å². The van der Waals surface area contributed by atoms with E-state index in [1.807, 2.05) is 0 Å². The summed E-state index contributed by atoms with van der Waals surface area (Å²) in [5.74, 6) is 0. The minimum Gasteiger partial charge on any atom is -0.308 e. The molecule has 2 nitrogen and oxygen atoms in total. The van der Waals surface area contributed by atoms with Crippen molar-refractivity contribution in [2.45, 2.75) is 12.6 Å². The molecule has 0 saturated carbocycles. The van der Waals surface area contributed by atoms with Crippen LogP contribution in [0.4, 0.5) is 0 Å². The van der Waals surface area contributed by atoms with Gasteiger partial charge in [0.15, 0.2) is 0 Å². The van der Waals surface area contributed by atoms with Gasteiger partial charge in [-0.1, -0.05) is 30.3 Å². The number of hydrogen-bond acceptors (Lipinski definition) is 3. The topological polar surface area (TPSA) is 15.3 Å². The first-order valence-electron chi connectivity index (χ1n) is 6.43. The largest absolute Gasteiger partial charge is 0.308 e. The molecule has 94 valence electrons. The molecule has 1 fully saturated rings. The zero-order valence-electron chi connectivity index (χ0n) is 10.4. The Morgan fingerprint density at radius 2 is 2.11 bits per heavy atom. The van der Waals surface area contributed by atoms with Crippen LogP contribution < -0.4 is 5.32 Å². The normalized spacial score (nSPS) is 21.0. The molecular formula is C15H18N2S. The van der Waals surface area contributed by atoms with Crippen molar-refractivity contribution < 1.29 is 0 Å². The van der Waals surface area contributed by atoms with Gasteiger partial charge >= 0.3 is 0 Å². The summed E-state index contributed by atoms with van der Waals surface area (Å²) in [4.78, 5) is 2.54. The van der Waals surface area contributed by atoms with E-state index in [1.54, 1.807) is 11.3 Å². The second-order valence-corrected chi connectivity index (χ2v) is 5.56. The second kappa shape index (κ2) is 5.65. The zero-order valence-corrected chi connectivity index (χ0v) is 11.2. The zero-order chi connectivity index (χ0) is 12.2. The van der Waals surface area contributed by atoms with Crippen LogP contribution in [0, 0.1) is 0 Å². The van der Waals surface area contributed by atoms with E-state index < -0.39 is 0 Å². The Bertz CT molecular complexity index is 467. The molecular weight excluding hydrogens is 240 g/mol. The molecule has 0 bridgehead atoms. The maximum absolute atomic E-state index is 3.61. The molecule has 2 aromatic rings. The van der Waals surface area contributed by atoms with E-state index in [0.717, 1.165) is 26.2 Å². The summed E-state index contributed by atoms with van der Waals surface area (Å²) in [5, 5.41) is 8.01. The van der Waals surface area contributed by atoms with Crippen LogP contribution in [-0.4, -0.2) is 24.5 Å². The fourth-order valence-corrected chi connectivity index (χ4v) is 3.16. The fraction of sp³-hybridized carbons (Fsp3) is 0.333. The minimum atomic E-state index is 0.471. The molecule has 1 unspecified atom stereocenters. The average molecular weight is 258 g/mol. The van der Waals surface area contributed by atoms with Gasteiger partial charge in [0, 0.05) is 32.2 Å². The summed E-state index contributed by atoms with van der Waals surface area (Å²) < 4.78 is 0. The van der Waals surface area contributed by atoms with Crippen molar-refractivity contribution in [2.24, 2.45) is 0 Å². The molecule has 1 aliphatic rings. The smallest absolute Gasteiger partial charge is 0.0449 e. The number of nitrogens with zero attached hydrogens (tertiary/aromatic N) is 1. The first-order chi connectivity index (χ1) is 8.92. The van der Waals surface area contributed by atoms with Gasteiger partial charge in [0.2, 0.25) is 0 Å². The van der Waals surface area contributed by atoms with Crippen LogP contribution >= 0.6 is 11.3 Å². The Morgan fingerprint density at radius 3 is 2.89 bits per heavy atom. The van der Waals surface area contributed by atoms with Crippen LogP contribution in [-0.2, 0) is 6.54 Å². The van der Waals surface area contributed by atoms with Gasteiger partial charge in [0.05, 0.1) is 0 Å². The maximum atomic E-state index is 3.61. The van der Waals surface area contributed by atoms with E-state index in [2.05, 4.69) is 57.4 Å². The van der Waals surface area contributed by atoms with Crippen LogP contribution in [0.3, 0.4) is 0 Å². The van der Waals surface area contributed by atoms with Crippen molar-refractivity contribution in [3.63, 3.8) is 0 Å². The number of nitrogens with one attached hydrogen (secondary N) is 1. The highest BCUT2D eigenvalue weighted by Crippen LogP contribution is 2.19. The molecule has 1 N–H and O–H groups in total. The number of piperazine rings is 1. The highest BCUT2D eigenvalue weighted by molar-refractivity contribution is 7.07. The summed E-state index contributed by atoms with van der Waals surface area (Å²) in [7, 11) is 0. The molecule has 18 heavy (non-hydrogen) atoms. The monoisotopic (exact) mass is 258 g/mol. The predicted octanol–water partition coefficient (Wildman–Crippen LogP) is 2.89. The Balaban J connectivity index is 1.65. The van der Waals surface area contributed by atoms with Gasteiger partial charge in [-0.15, -0.1) is 0 Å². The van der Waals surface area contributed by atoms with Gasteiger partial charge in [-0.25, -0.2) is 0 Å². The Hall–Kier alpha value is -1.16. The van der Waals surface area contributed by atoms with Crippen molar-refractivity contribution in [1.82, 2.24) is 10.2 Å². The third-order valence-electron chi connectivity index (χ3n) is 3.45. The molecule has 1 aromatic carbocycles. The minimum absolute atomic E-state index is 0.471. The van der Waals surface area contributed by atoms with Crippen molar-refractivity contribution in [2.75, 3.05) is 19.6 Å². The molecule has 1 aromatic heterocycles. The van der Waals surface area contributed by atoms with Crippen molar-refractivity contribution in [3.8, 4) is 0 Å². The Morgan fingerprint density at radius 1 is 1.22 bits per heavy atom. The lowest BCUT2D eigenvalue weighted by Gasteiger charge is -2.33. The molecule has 2 heterocycles. The van der Waals surface area contributed by atoms with Crippen LogP contribution in [0.1, 0.15) is 17.2 Å². The fourth-order valence-electron chi connectivity index (χ4n) is 2.50. The molecule has 1 aliphatic heterocycles. The highest BCUT2D eigenvalue weighted by Gasteiger charge is 2.20. The summed E-state index contributed by atoms with van der Waals surface area (Å²) in [5.41, 5.74) is 2.83. The van der Waals surface area contributed by atoms with Gasteiger partial charge in [0.25, 0.3) is 0 Å². The molecule has 0 radical (unpaired) electrons. The van der Waals surface area contributed by atoms with Gasteiger partial charge < -0.3 is 5.32 Å². The van der Waals surface area contributed by atoms with Crippen molar-refractivity contribution in [1.29, 1.82) is 0 Å². The highest BCUT2D eigenvalue weighted by atomic mass is 32.1. The molecule has 3 heteroatoms. The van der Waals surface area contributed by atoms with E-state index in [0.29, 0.717) is 6.04 Å².